The molecule has 2 saturated heterocycles. The molecule has 18 nitrogen and oxygen atoms in total. The molecule has 0 amide bonds. The van der Waals surface area contributed by atoms with Crippen LogP contribution in [0.25, 0.3) is 0 Å². The van der Waals surface area contributed by atoms with Gasteiger partial charge in [-0.1, -0.05) is 98.6 Å². The highest BCUT2D eigenvalue weighted by Crippen LogP contribution is 2.70. The summed E-state index contributed by atoms with van der Waals surface area (Å²) in [5.74, 6) is 25.3. The molecule has 8 aromatic carbocycles. The van der Waals surface area contributed by atoms with Crippen LogP contribution in [0.5, 0.6) is 86.2 Å². The molecule has 12 aliphatic carbocycles. The van der Waals surface area contributed by atoms with Gasteiger partial charge in [0.1, 0.15) is 51.7 Å². The van der Waals surface area contributed by atoms with E-state index in [0.29, 0.717) is 117 Å². The number of methoxy groups -OCH3 is 6. The van der Waals surface area contributed by atoms with E-state index in [1.54, 1.807) is 65.9 Å². The summed E-state index contributed by atoms with van der Waals surface area (Å²) >= 11 is 0. The molecule has 22 rings (SSSR count). The molecule has 10 fully saturated rings. The van der Waals surface area contributed by atoms with Crippen molar-refractivity contribution >= 4 is 18.9 Å². The highest BCUT2D eigenvalue weighted by molar-refractivity contribution is 7.10. The van der Waals surface area contributed by atoms with Gasteiger partial charge in [0.2, 0.25) is 0 Å². The Balaban J connectivity index is 0.000000161. The highest BCUT2D eigenvalue weighted by Gasteiger charge is 2.61. The van der Waals surface area contributed by atoms with Crippen LogP contribution in [0, 0.1) is 116 Å². The standard InChI is InChI=1S/C34H47NO3.C29H39O4P.C29H38O4.C28H37O4P.C5H11N.CH3F.H2O.3H2/c1-23-19-25-20-27(36)9-11-29(25)30-13-15-34(2)26(8-12-31(34)33(23)30)14-18-38-28-10-7-24(32(21-28)37-3)22-35-16-5-4-6-17-35;1-18-15-19-16-22(33-34)6-8-23(19)24-11-13-29(2)20(5-9-25(29)28(18)24)12-14-32-21-7-10-26(30-3)27(17-21)31-4;1-18-15-19-16-21(30)6-8-23(19)24-11-13-29(2)20(5-9-25(29)28(18)24)12-14-33-22-7-10-26(31-3)27(17-22)32-4;1-17-14-18-15-21(32-33)5-7-22(18)23-10-12-28(2)19(4-8-24(28)27(17)23)11-13-31-20-6-9-26(30-3)25(29)16-20;1-2-4-6-5-3-1;1-2;;;;/h7,9-11,20-21,23,26,30-31,33,36H,4-6,8,12-19,22H2,1-3H3;6-8,10,16-18,20,24-25,28H,5,9,11-15,34H2,1-4H3;6-8,10,16-18,20,24-25,28,30H,5,9,11-15H2,1-4H3;5-7,9,15-17,19,23-24,27,29H,4,8,10-14,33H2,1-3H3;6H,1-5H2;1H3;1H2;3*1H/t23-,26-,30?,31?,33?,34?;2*18-,20-,24?,25?,28?,29?;17-,19-,23?,24?,27?,28?;;;;;;/m1111....../s1/i;;;;;;;3*1+2. The Bertz CT molecular complexity index is 5630. The quantitative estimate of drug-likeness (QED) is 0.0371. The predicted octanol–water partition coefficient (Wildman–Crippen LogP) is 29.2. The molecule has 147 heavy (non-hydrogen) atoms. The van der Waals surface area contributed by atoms with Gasteiger partial charge >= 0.3 is 0 Å². The van der Waals surface area contributed by atoms with E-state index < -0.39 is 0 Å². The van der Waals surface area contributed by atoms with E-state index in [2.05, 4.69) is 151 Å². The molecule has 26 atom stereocenters. The zero-order valence-corrected chi connectivity index (χ0v) is 93.5. The fourth-order valence-electron chi connectivity index (χ4n) is 33.3. The maximum atomic E-state index is 10.1. The van der Waals surface area contributed by atoms with Crippen molar-refractivity contribution in [3.8, 4) is 86.2 Å². The Kier molecular flexibility index (Phi) is 37.7. The van der Waals surface area contributed by atoms with E-state index in [-0.39, 0.29) is 15.5 Å². The summed E-state index contributed by atoms with van der Waals surface area (Å²) in [7, 11) is 15.2. The lowest BCUT2D eigenvalue weighted by atomic mass is 9.51. The monoisotopic (exact) mass is 2070 g/mol. The van der Waals surface area contributed by atoms with E-state index in [1.165, 1.54) is 219 Å². The van der Waals surface area contributed by atoms with Crippen molar-refractivity contribution in [2.75, 3.05) is 102 Å². The summed E-state index contributed by atoms with van der Waals surface area (Å²) < 4.78 is 77.5. The van der Waals surface area contributed by atoms with Gasteiger partial charge in [-0.2, -0.15) is 0 Å². The summed E-state index contributed by atoms with van der Waals surface area (Å²) in [6, 6.07) is 49.1. The number of alkyl halides is 1. The van der Waals surface area contributed by atoms with Gasteiger partial charge in [0, 0.05) is 40.7 Å². The Morgan fingerprint density at radius 2 is 0.639 bits per heavy atom. The number of likely N-dealkylation sites (tertiary alicyclic amines) is 1. The molecule has 0 spiro atoms. The summed E-state index contributed by atoms with van der Waals surface area (Å²) in [6.45, 7) is 29.1. The topological polar surface area (TPSA) is 218 Å². The summed E-state index contributed by atoms with van der Waals surface area (Å²) in [6.07, 6.45) is 38.3. The van der Waals surface area contributed by atoms with Gasteiger partial charge < -0.3 is 82.5 Å². The molecular weight excluding hydrogens is 1880 g/mol. The molecule has 0 radical (unpaired) electrons. The van der Waals surface area contributed by atoms with Crippen LogP contribution in [0.2, 0.25) is 0 Å². The Morgan fingerprint density at radius 1 is 0.340 bits per heavy atom. The summed E-state index contributed by atoms with van der Waals surface area (Å²) in [5.41, 5.74) is 14.9. The molecule has 810 valence electrons. The van der Waals surface area contributed by atoms with Crippen molar-refractivity contribution in [3.05, 3.63) is 196 Å². The summed E-state index contributed by atoms with van der Waals surface area (Å²) in [4.78, 5) is 2.55. The largest absolute Gasteiger partial charge is 0.508 e. The van der Waals surface area contributed by atoms with Gasteiger partial charge in [-0.25, -0.2) is 0 Å². The fraction of sp³-hybridized carbons (Fsp3) is 0.619. The number of hydrogen-bond donors (Lipinski definition) is 4. The average Bonchev–Trinajstić information content (AvgIpc) is 1.48. The minimum atomic E-state index is 0. The van der Waals surface area contributed by atoms with Gasteiger partial charge in [0.25, 0.3) is 0 Å². The third-order valence-electron chi connectivity index (χ3n) is 40.4. The molecule has 14 aliphatic rings. The molecule has 21 heteroatoms. The minimum Gasteiger partial charge on any atom is -0.508 e. The number of aromatic hydroxyl groups is 3. The van der Waals surface area contributed by atoms with Crippen molar-refractivity contribution in [1.29, 1.82) is 0 Å². The van der Waals surface area contributed by atoms with Gasteiger partial charge in [-0.3, -0.25) is 9.29 Å². The predicted molar refractivity (Wildman–Crippen MR) is 600 cm³/mol. The fourth-order valence-corrected chi connectivity index (χ4v) is 33.6. The van der Waals surface area contributed by atoms with Crippen LogP contribution < -0.4 is 61.7 Å². The van der Waals surface area contributed by atoms with Crippen LogP contribution in [0.15, 0.2) is 146 Å². The second-order valence-corrected chi connectivity index (χ2v) is 47.9. The smallest absolute Gasteiger partial charge is 0.164 e. The van der Waals surface area contributed by atoms with Gasteiger partial charge in [0.05, 0.1) is 95.2 Å². The number of phenols is 3. The van der Waals surface area contributed by atoms with Gasteiger partial charge in [0.15, 0.2) is 34.5 Å². The van der Waals surface area contributed by atoms with Crippen LogP contribution >= 0.6 is 18.9 Å². The maximum absolute atomic E-state index is 10.1. The number of halogens is 1. The van der Waals surface area contributed by atoms with Crippen LogP contribution in [0.1, 0.15) is 300 Å². The number of rotatable bonds is 26. The second-order valence-electron chi connectivity index (χ2n) is 47.4. The molecule has 8 aromatic rings. The van der Waals surface area contributed by atoms with Gasteiger partial charge in [-0.05, 0) is 481 Å². The maximum Gasteiger partial charge on any atom is 0.164 e. The molecule has 6 N–H and O–H groups in total. The van der Waals surface area contributed by atoms with Crippen LogP contribution in [-0.2, 0) is 32.2 Å². The van der Waals surface area contributed by atoms with Gasteiger partial charge in [-0.15, -0.1) is 0 Å². The van der Waals surface area contributed by atoms with Crippen molar-refractivity contribution in [2.45, 2.75) is 278 Å². The minimum absolute atomic E-state index is 0. The number of nitrogens with one attached hydrogen (secondary N) is 1. The van der Waals surface area contributed by atoms with E-state index >= 15 is 0 Å². The Hall–Kier alpha value is -8.57. The second kappa shape index (κ2) is 49.9. The van der Waals surface area contributed by atoms with E-state index in [4.69, 9.17) is 56.4 Å². The molecule has 0 bridgehead atoms. The third-order valence-corrected chi connectivity index (χ3v) is 40.9. The Morgan fingerprint density at radius 3 is 0.952 bits per heavy atom. The number of benzene rings is 8. The third kappa shape index (κ3) is 23.8. The van der Waals surface area contributed by atoms with Crippen molar-refractivity contribution in [3.63, 3.8) is 0 Å². The first-order chi connectivity index (χ1) is 70.8. The number of fused-ring (bicyclic) bond motifs is 20. The van der Waals surface area contributed by atoms with Crippen LogP contribution in [0.4, 0.5) is 4.39 Å². The Labute approximate surface area is 888 Å². The number of nitrogens with zero attached hydrogens (tertiary/aromatic N) is 1. The molecule has 0 aromatic heterocycles. The van der Waals surface area contributed by atoms with E-state index in [1.807, 2.05) is 66.7 Å². The molecule has 8 saturated carbocycles. The number of hydrogen-bond acceptors (Lipinski definition) is 17. The molecule has 18 unspecified atom stereocenters. The molecule has 2 aliphatic heterocycles. The normalized spacial score (nSPS) is 31.4. The van der Waals surface area contributed by atoms with Crippen molar-refractivity contribution < 1.29 is 85.9 Å². The lowest BCUT2D eigenvalue weighted by Crippen LogP contribution is -2.45. The lowest BCUT2D eigenvalue weighted by molar-refractivity contribution is 0.000913. The van der Waals surface area contributed by atoms with Crippen molar-refractivity contribution in [1.82, 2.24) is 10.2 Å². The zero-order chi connectivity index (χ0) is 103. The number of piperidine rings is 2. The van der Waals surface area contributed by atoms with Crippen LogP contribution in [-0.4, -0.2) is 128 Å². The average molecular weight is 2070 g/mol. The number of phenolic OH excluding ortho intramolecular Hbond substituents is 3. The first-order valence-electron chi connectivity index (χ1n) is 56.3. The lowest BCUT2D eigenvalue weighted by Gasteiger charge is -2.53. The SMILES string of the molecule is C1CCNCC1.CF.COc1cc(OCC[C@H]2CCC3C4C(CCC32C)c2ccc(O)cc2C[C@H]4C)ccc1CN1CCCCC1.COc1ccc(OCC[C@H]2CCC3C4C(CCC32C)c2ccc(O)cc2C[C@H]4C)cc1OC.COc1ccc(OCC[C@H]2CCC3C4C(CCC32C)c2ccc(OP)cc2C[C@H]4C)cc1O.COc1ccc(OCC[C@H]2CCC3C4C(CCC32C)c2ccc(OP)cc2C[C@H]4C)cc1OC.O.[3HH].[3HH].[3HH]. The molecule has 2 heterocycles. The zero-order valence-electron chi connectivity index (χ0n) is 91.2. The summed E-state index contributed by atoms with van der Waals surface area (Å²) in [5, 5.41) is 33.3. The first kappa shape index (κ1) is 111. The van der Waals surface area contributed by atoms with E-state index in [0.717, 1.165) is 182 Å². The molecular formula is C126H183FN2O16P2. The highest BCUT2D eigenvalue weighted by atomic mass is 31.0. The van der Waals surface area contributed by atoms with E-state index in [9.17, 15) is 19.7 Å². The first-order valence-corrected chi connectivity index (χ1v) is 57.2. The number of ether oxygens (including phenoxy) is 10. The van der Waals surface area contributed by atoms with Crippen LogP contribution in [0.3, 0.4) is 0 Å². The van der Waals surface area contributed by atoms with Crippen molar-refractivity contribution in [2.24, 2.45) is 116 Å².